The highest BCUT2D eigenvalue weighted by Crippen LogP contribution is 2.25. The second-order valence-corrected chi connectivity index (χ2v) is 9.82. The van der Waals surface area contributed by atoms with Gasteiger partial charge >= 0.3 is 0 Å². The van der Waals surface area contributed by atoms with Crippen LogP contribution in [0.25, 0.3) is 0 Å². The van der Waals surface area contributed by atoms with Crippen LogP contribution in [0.4, 0.5) is 0 Å². The highest BCUT2D eigenvalue weighted by Gasteiger charge is 2.40. The average molecular weight is 459 g/mol. The van der Waals surface area contributed by atoms with Crippen molar-refractivity contribution in [1.82, 2.24) is 10.2 Å². The first-order chi connectivity index (χ1) is 14.9. The number of hydrogen-bond donors (Lipinski definition) is 3. The second-order valence-electron chi connectivity index (χ2n) is 9.43. The minimum Gasteiger partial charge on any atom is -0.390 e. The van der Waals surface area contributed by atoms with E-state index in [0.717, 1.165) is 31.0 Å². The molecule has 0 radical (unpaired) electrons. The Hall–Kier alpha value is -0.430. The monoisotopic (exact) mass is 458 g/mol. The van der Waals surface area contributed by atoms with Crippen molar-refractivity contribution in [3.05, 3.63) is 0 Å². The smallest absolute Gasteiger partial charge is 0.169 e. The van der Waals surface area contributed by atoms with Crippen molar-refractivity contribution < 1.29 is 14.9 Å². The first-order valence-electron chi connectivity index (χ1n) is 13.0. The zero-order valence-electron chi connectivity index (χ0n) is 20.7. The SMILES string of the molecule is CCCCCCCCN(CCCCCCCC)C(=S)NCC1O[C@H](C)C(C)C(O)[C@@H]1O. The molecule has 0 aromatic heterocycles. The minimum absolute atomic E-state index is 0.0740. The molecule has 3 unspecified atom stereocenters. The van der Waals surface area contributed by atoms with Gasteiger partial charge in [-0.25, -0.2) is 0 Å². The molecule has 1 rings (SSSR count). The fraction of sp³-hybridized carbons (Fsp3) is 0.960. The molecule has 1 aliphatic rings. The topological polar surface area (TPSA) is 65.0 Å². The first kappa shape index (κ1) is 28.6. The summed E-state index contributed by atoms with van der Waals surface area (Å²) in [6.45, 7) is 10.8. The molecule has 0 aromatic carbocycles. The second kappa shape index (κ2) is 17.1. The van der Waals surface area contributed by atoms with Crippen molar-refractivity contribution in [2.24, 2.45) is 5.92 Å². The summed E-state index contributed by atoms with van der Waals surface area (Å²) >= 11 is 5.72. The maximum absolute atomic E-state index is 10.4. The number of aliphatic hydroxyl groups excluding tert-OH is 2. The summed E-state index contributed by atoms with van der Waals surface area (Å²) in [4.78, 5) is 2.30. The van der Waals surface area contributed by atoms with Gasteiger partial charge in [0.05, 0.1) is 12.2 Å². The number of aliphatic hydroxyl groups is 2. The van der Waals surface area contributed by atoms with Crippen molar-refractivity contribution in [3.8, 4) is 0 Å². The van der Waals surface area contributed by atoms with E-state index in [1.807, 2.05) is 13.8 Å². The van der Waals surface area contributed by atoms with Crippen LogP contribution in [0.1, 0.15) is 105 Å². The molecule has 5 nitrogen and oxygen atoms in total. The Morgan fingerprint density at radius 2 is 1.29 bits per heavy atom. The van der Waals surface area contributed by atoms with Gasteiger partial charge in [0, 0.05) is 25.6 Å². The molecule has 1 heterocycles. The van der Waals surface area contributed by atoms with E-state index in [0.29, 0.717) is 6.54 Å². The van der Waals surface area contributed by atoms with E-state index in [9.17, 15) is 10.2 Å². The van der Waals surface area contributed by atoms with Gasteiger partial charge in [0.25, 0.3) is 0 Å². The van der Waals surface area contributed by atoms with Gasteiger partial charge in [-0.3, -0.25) is 0 Å². The van der Waals surface area contributed by atoms with E-state index in [2.05, 4.69) is 24.1 Å². The lowest BCUT2D eigenvalue weighted by molar-refractivity contribution is -0.188. The number of rotatable bonds is 16. The first-order valence-corrected chi connectivity index (χ1v) is 13.4. The predicted octanol–water partition coefficient (Wildman–Crippen LogP) is 5.03. The molecule has 184 valence electrons. The molecular weight excluding hydrogens is 408 g/mol. The molecule has 0 saturated carbocycles. The molecule has 31 heavy (non-hydrogen) atoms. The summed E-state index contributed by atoms with van der Waals surface area (Å²) in [5.74, 6) is -0.0740. The van der Waals surface area contributed by atoms with Crippen molar-refractivity contribution in [2.45, 2.75) is 129 Å². The van der Waals surface area contributed by atoms with Crippen molar-refractivity contribution in [3.63, 3.8) is 0 Å². The highest BCUT2D eigenvalue weighted by atomic mass is 32.1. The summed E-state index contributed by atoms with van der Waals surface area (Å²) in [6.07, 6.45) is 13.1. The minimum atomic E-state index is -0.882. The third kappa shape index (κ3) is 11.3. The van der Waals surface area contributed by atoms with Gasteiger partial charge in [0.2, 0.25) is 0 Å². The summed E-state index contributed by atoms with van der Waals surface area (Å²) in [5.41, 5.74) is 0. The summed E-state index contributed by atoms with van der Waals surface area (Å²) < 4.78 is 5.93. The molecule has 0 bridgehead atoms. The standard InChI is InChI=1S/C25H50N2O3S/c1-5-7-9-11-13-15-17-27(18-16-14-12-10-8-6-2)25(31)26-19-22-24(29)23(28)20(3)21(4)30-22/h20-24,28-29H,5-19H2,1-4H3,(H,26,31)/t20?,21-,22?,23?,24-/m1/s1. The van der Waals surface area contributed by atoms with Gasteiger partial charge in [-0.15, -0.1) is 0 Å². The fourth-order valence-corrected chi connectivity index (χ4v) is 4.50. The predicted molar refractivity (Wildman–Crippen MR) is 134 cm³/mol. The molecule has 0 spiro atoms. The molecule has 1 fully saturated rings. The molecule has 0 aliphatic carbocycles. The largest absolute Gasteiger partial charge is 0.390 e. The molecule has 1 aliphatic heterocycles. The van der Waals surface area contributed by atoms with Crippen LogP contribution in [0.3, 0.4) is 0 Å². The van der Waals surface area contributed by atoms with Crippen molar-refractivity contribution in [2.75, 3.05) is 19.6 Å². The molecule has 0 aromatic rings. The van der Waals surface area contributed by atoms with Crippen LogP contribution in [-0.4, -0.2) is 64.3 Å². The lowest BCUT2D eigenvalue weighted by atomic mass is 9.89. The van der Waals surface area contributed by atoms with E-state index in [4.69, 9.17) is 17.0 Å². The Bertz CT molecular complexity index is 450. The Balaban J connectivity index is 2.46. The molecule has 6 heteroatoms. The van der Waals surface area contributed by atoms with Crippen LogP contribution in [0.2, 0.25) is 0 Å². The molecule has 1 saturated heterocycles. The number of hydrogen-bond acceptors (Lipinski definition) is 4. The summed E-state index contributed by atoms with van der Waals surface area (Å²) in [5, 5.41) is 24.7. The number of nitrogens with zero attached hydrogens (tertiary/aromatic N) is 1. The lowest BCUT2D eigenvalue weighted by Crippen LogP contribution is -2.56. The highest BCUT2D eigenvalue weighted by molar-refractivity contribution is 7.80. The Labute approximate surface area is 197 Å². The van der Waals surface area contributed by atoms with Crippen molar-refractivity contribution >= 4 is 17.3 Å². The molecular formula is C25H50N2O3S. The number of thiocarbonyl (C=S) groups is 1. The number of ether oxygens (including phenoxy) is 1. The van der Waals surface area contributed by atoms with Crippen LogP contribution < -0.4 is 5.32 Å². The number of nitrogens with one attached hydrogen (secondary N) is 1. The van der Waals surface area contributed by atoms with Crippen LogP contribution in [-0.2, 0) is 4.74 Å². The van der Waals surface area contributed by atoms with Crippen LogP contribution >= 0.6 is 12.2 Å². The third-order valence-corrected chi connectivity index (χ3v) is 7.11. The quantitative estimate of drug-likeness (QED) is 0.223. The van der Waals surface area contributed by atoms with Crippen molar-refractivity contribution in [1.29, 1.82) is 0 Å². The van der Waals surface area contributed by atoms with Gasteiger partial charge in [0.1, 0.15) is 12.2 Å². The maximum Gasteiger partial charge on any atom is 0.169 e. The van der Waals surface area contributed by atoms with E-state index >= 15 is 0 Å². The van der Waals surface area contributed by atoms with E-state index in [1.165, 1.54) is 64.2 Å². The van der Waals surface area contributed by atoms with Gasteiger partial charge in [-0.1, -0.05) is 85.0 Å². The van der Waals surface area contributed by atoms with E-state index in [1.54, 1.807) is 0 Å². The summed E-state index contributed by atoms with van der Waals surface area (Å²) in [6, 6.07) is 0. The Morgan fingerprint density at radius 1 is 0.806 bits per heavy atom. The van der Waals surface area contributed by atoms with Crippen LogP contribution in [0.15, 0.2) is 0 Å². The van der Waals surface area contributed by atoms with Gasteiger partial charge in [-0.2, -0.15) is 0 Å². The van der Waals surface area contributed by atoms with Gasteiger partial charge in [-0.05, 0) is 32.0 Å². The molecule has 5 atom stereocenters. The van der Waals surface area contributed by atoms with E-state index < -0.39 is 18.3 Å². The Morgan fingerprint density at radius 3 is 1.81 bits per heavy atom. The van der Waals surface area contributed by atoms with Crippen LogP contribution in [0, 0.1) is 5.92 Å². The molecule has 0 amide bonds. The third-order valence-electron chi connectivity index (χ3n) is 6.70. The van der Waals surface area contributed by atoms with Gasteiger partial charge < -0.3 is 25.2 Å². The zero-order chi connectivity index (χ0) is 23.1. The van der Waals surface area contributed by atoms with Gasteiger partial charge in [0.15, 0.2) is 5.11 Å². The average Bonchev–Trinajstić information content (AvgIpc) is 2.76. The summed E-state index contributed by atoms with van der Waals surface area (Å²) in [7, 11) is 0. The number of unbranched alkanes of at least 4 members (excludes halogenated alkanes) is 10. The fourth-order valence-electron chi connectivity index (χ4n) is 4.24. The molecule has 3 N–H and O–H groups in total. The lowest BCUT2D eigenvalue weighted by Gasteiger charge is -2.40. The Kier molecular flexibility index (Phi) is 15.8. The van der Waals surface area contributed by atoms with Crippen LogP contribution in [0.5, 0.6) is 0 Å². The maximum atomic E-state index is 10.4. The van der Waals surface area contributed by atoms with E-state index in [-0.39, 0.29) is 12.0 Å². The zero-order valence-corrected chi connectivity index (χ0v) is 21.5. The normalized spacial score (nSPS) is 26.1.